The fourth-order valence-electron chi connectivity index (χ4n) is 3.14. The van der Waals surface area contributed by atoms with Crippen LogP contribution in [0.25, 0.3) is 0 Å². The van der Waals surface area contributed by atoms with E-state index in [1.165, 1.54) is 12.8 Å². The van der Waals surface area contributed by atoms with Gasteiger partial charge in [-0.3, -0.25) is 9.69 Å². The van der Waals surface area contributed by atoms with Crippen molar-refractivity contribution in [2.45, 2.75) is 31.3 Å². The highest BCUT2D eigenvalue weighted by molar-refractivity contribution is 9.11. The third-order valence-electron chi connectivity index (χ3n) is 4.18. The number of rotatable bonds is 3. The van der Waals surface area contributed by atoms with Gasteiger partial charge in [0.05, 0.1) is 12.2 Å². The first-order valence-corrected chi connectivity index (χ1v) is 8.92. The molecule has 2 aliphatic heterocycles. The molecule has 6 heteroatoms. The summed E-state index contributed by atoms with van der Waals surface area (Å²) in [5.41, 5.74) is 0.817. The van der Waals surface area contributed by atoms with Gasteiger partial charge in [-0.05, 0) is 53.4 Å². The van der Waals surface area contributed by atoms with Crippen LogP contribution < -0.4 is 10.6 Å². The van der Waals surface area contributed by atoms with Gasteiger partial charge < -0.3 is 10.6 Å². The van der Waals surface area contributed by atoms with Crippen LogP contribution in [0.5, 0.6) is 0 Å². The fraction of sp³-hybridized carbons (Fsp3) is 0.533. The molecule has 0 radical (unpaired) electrons. The Labute approximate surface area is 141 Å². The van der Waals surface area contributed by atoms with E-state index in [1.54, 1.807) is 0 Å². The molecule has 2 unspecified atom stereocenters. The average Bonchev–Trinajstić information content (AvgIpc) is 2.76. The summed E-state index contributed by atoms with van der Waals surface area (Å²) < 4.78 is 1.88. The predicted octanol–water partition coefficient (Wildman–Crippen LogP) is 2.98. The van der Waals surface area contributed by atoms with Crippen molar-refractivity contribution >= 4 is 43.5 Å². The number of likely N-dealkylation sites (tertiary alicyclic amines) is 1. The molecule has 0 aliphatic carbocycles. The zero-order valence-electron chi connectivity index (χ0n) is 11.7. The number of carbonyl (C=O) groups is 1. The summed E-state index contributed by atoms with van der Waals surface area (Å²) in [5.74, 6) is 0.0517. The van der Waals surface area contributed by atoms with Crippen LogP contribution in [0.1, 0.15) is 19.3 Å². The Bertz CT molecular complexity index is 538. The summed E-state index contributed by atoms with van der Waals surface area (Å²) in [5, 5.41) is 6.62. The molecule has 2 saturated heterocycles. The van der Waals surface area contributed by atoms with Crippen molar-refractivity contribution in [3.05, 3.63) is 27.1 Å². The van der Waals surface area contributed by atoms with Crippen molar-refractivity contribution < 1.29 is 4.79 Å². The standard InChI is InChI=1S/C15H19Br2N3O/c16-10-1-4-14(13(17)7-10)19-15(21)9-20-6-5-11-2-3-12(8-20)18-11/h1,4,7,11-12,18H,2-3,5-6,8-9H2,(H,19,21). The lowest BCUT2D eigenvalue weighted by Crippen LogP contribution is -2.39. The molecule has 1 amide bonds. The van der Waals surface area contributed by atoms with E-state index < -0.39 is 0 Å². The third kappa shape index (κ3) is 4.06. The van der Waals surface area contributed by atoms with E-state index >= 15 is 0 Å². The van der Waals surface area contributed by atoms with E-state index in [-0.39, 0.29) is 5.91 Å². The summed E-state index contributed by atoms with van der Waals surface area (Å²) in [7, 11) is 0. The molecule has 114 valence electrons. The number of nitrogens with one attached hydrogen (secondary N) is 2. The normalized spacial score (nSPS) is 25.6. The van der Waals surface area contributed by atoms with Gasteiger partial charge in [-0.15, -0.1) is 0 Å². The maximum absolute atomic E-state index is 12.2. The minimum absolute atomic E-state index is 0.0517. The number of benzene rings is 1. The van der Waals surface area contributed by atoms with Crippen molar-refractivity contribution in [3.63, 3.8) is 0 Å². The molecule has 3 rings (SSSR count). The molecule has 2 heterocycles. The van der Waals surface area contributed by atoms with Crippen LogP contribution in [-0.4, -0.2) is 42.5 Å². The van der Waals surface area contributed by atoms with Gasteiger partial charge in [-0.2, -0.15) is 0 Å². The first-order valence-electron chi connectivity index (χ1n) is 7.33. The second-order valence-electron chi connectivity index (χ2n) is 5.83. The molecule has 1 aromatic rings. The topological polar surface area (TPSA) is 44.4 Å². The Morgan fingerprint density at radius 2 is 2.10 bits per heavy atom. The van der Waals surface area contributed by atoms with Crippen molar-refractivity contribution in [1.29, 1.82) is 0 Å². The Hall–Kier alpha value is -0.430. The molecule has 2 atom stereocenters. The van der Waals surface area contributed by atoms with Crippen LogP contribution in [0.4, 0.5) is 5.69 Å². The number of anilines is 1. The molecule has 2 fully saturated rings. The zero-order chi connectivity index (χ0) is 14.8. The van der Waals surface area contributed by atoms with Crippen LogP contribution >= 0.6 is 31.9 Å². The van der Waals surface area contributed by atoms with E-state index in [9.17, 15) is 4.79 Å². The zero-order valence-corrected chi connectivity index (χ0v) is 14.9. The molecule has 0 aromatic heterocycles. The van der Waals surface area contributed by atoms with Gasteiger partial charge in [0.2, 0.25) is 5.91 Å². The number of carbonyl (C=O) groups excluding carboxylic acids is 1. The molecule has 0 spiro atoms. The van der Waals surface area contributed by atoms with Gasteiger partial charge in [0, 0.05) is 34.1 Å². The number of hydrogen-bond acceptors (Lipinski definition) is 3. The van der Waals surface area contributed by atoms with E-state index in [0.717, 1.165) is 34.1 Å². The number of nitrogens with zero attached hydrogens (tertiary/aromatic N) is 1. The first-order chi connectivity index (χ1) is 10.1. The lowest BCUT2D eigenvalue weighted by molar-refractivity contribution is -0.117. The summed E-state index contributed by atoms with van der Waals surface area (Å²) in [6.07, 6.45) is 3.67. The van der Waals surface area contributed by atoms with E-state index in [1.807, 2.05) is 18.2 Å². The van der Waals surface area contributed by atoms with Gasteiger partial charge in [-0.25, -0.2) is 0 Å². The SMILES string of the molecule is O=C(CN1CCC2CCC(C1)N2)Nc1ccc(Br)cc1Br. The third-order valence-corrected chi connectivity index (χ3v) is 5.33. The second-order valence-corrected chi connectivity index (χ2v) is 7.60. The van der Waals surface area contributed by atoms with E-state index in [4.69, 9.17) is 0 Å². The Balaban J connectivity index is 1.56. The number of amides is 1. The van der Waals surface area contributed by atoms with Gasteiger partial charge >= 0.3 is 0 Å². The summed E-state index contributed by atoms with van der Waals surface area (Å²) in [6, 6.07) is 6.98. The van der Waals surface area contributed by atoms with Crippen LogP contribution in [0, 0.1) is 0 Å². The van der Waals surface area contributed by atoms with Crippen molar-refractivity contribution in [2.75, 3.05) is 25.0 Å². The minimum atomic E-state index is 0.0517. The molecule has 4 nitrogen and oxygen atoms in total. The highest BCUT2D eigenvalue weighted by Gasteiger charge is 2.29. The Kier molecular flexibility index (Phi) is 4.99. The first kappa shape index (κ1) is 15.5. The lowest BCUT2D eigenvalue weighted by atomic mass is 10.1. The largest absolute Gasteiger partial charge is 0.324 e. The number of halogens is 2. The quantitative estimate of drug-likeness (QED) is 0.795. The molecular formula is C15H19Br2N3O. The summed E-state index contributed by atoms with van der Waals surface area (Å²) in [6.45, 7) is 2.45. The maximum atomic E-state index is 12.2. The monoisotopic (exact) mass is 415 g/mol. The van der Waals surface area contributed by atoms with Crippen LogP contribution in [0.2, 0.25) is 0 Å². The molecule has 21 heavy (non-hydrogen) atoms. The van der Waals surface area contributed by atoms with Crippen molar-refractivity contribution in [3.8, 4) is 0 Å². The average molecular weight is 417 g/mol. The van der Waals surface area contributed by atoms with E-state index in [0.29, 0.717) is 18.6 Å². The highest BCUT2D eigenvalue weighted by Crippen LogP contribution is 2.26. The Morgan fingerprint density at radius 1 is 1.29 bits per heavy atom. The minimum Gasteiger partial charge on any atom is -0.324 e. The molecular weight excluding hydrogens is 398 g/mol. The number of hydrogen-bond donors (Lipinski definition) is 2. The van der Waals surface area contributed by atoms with Crippen molar-refractivity contribution in [1.82, 2.24) is 10.2 Å². The highest BCUT2D eigenvalue weighted by atomic mass is 79.9. The van der Waals surface area contributed by atoms with Gasteiger partial charge in [0.25, 0.3) is 0 Å². The number of fused-ring (bicyclic) bond motifs is 2. The van der Waals surface area contributed by atoms with Crippen molar-refractivity contribution in [2.24, 2.45) is 0 Å². The maximum Gasteiger partial charge on any atom is 0.238 e. The molecule has 2 bridgehead atoms. The molecule has 0 saturated carbocycles. The van der Waals surface area contributed by atoms with Crippen LogP contribution in [0.15, 0.2) is 27.1 Å². The van der Waals surface area contributed by atoms with Crippen LogP contribution in [0.3, 0.4) is 0 Å². The lowest BCUT2D eigenvalue weighted by Gasteiger charge is -2.23. The molecule has 1 aromatic carbocycles. The van der Waals surface area contributed by atoms with E-state index in [2.05, 4.69) is 47.4 Å². The Morgan fingerprint density at radius 3 is 2.90 bits per heavy atom. The fourth-order valence-corrected chi connectivity index (χ4v) is 4.29. The summed E-state index contributed by atoms with van der Waals surface area (Å²) in [4.78, 5) is 14.5. The smallest absolute Gasteiger partial charge is 0.238 e. The molecule has 2 N–H and O–H groups in total. The molecule has 2 aliphatic rings. The van der Waals surface area contributed by atoms with Crippen LogP contribution in [-0.2, 0) is 4.79 Å². The van der Waals surface area contributed by atoms with Gasteiger partial charge in [-0.1, -0.05) is 15.9 Å². The second kappa shape index (κ2) is 6.77. The van der Waals surface area contributed by atoms with Gasteiger partial charge in [0.1, 0.15) is 0 Å². The summed E-state index contributed by atoms with van der Waals surface area (Å²) >= 11 is 6.88. The predicted molar refractivity (Wildman–Crippen MR) is 91.5 cm³/mol. The van der Waals surface area contributed by atoms with Gasteiger partial charge in [0.15, 0.2) is 0 Å².